The lowest BCUT2D eigenvalue weighted by Gasteiger charge is -2.37. The van der Waals surface area contributed by atoms with Gasteiger partial charge in [-0.3, -0.25) is 29.5 Å². The van der Waals surface area contributed by atoms with Crippen molar-refractivity contribution in [1.82, 2.24) is 30.1 Å². The van der Waals surface area contributed by atoms with E-state index in [1.165, 1.54) is 29.9 Å². The number of hydrogen-bond acceptors (Lipinski definition) is 12. The van der Waals surface area contributed by atoms with Crippen molar-refractivity contribution in [3.63, 3.8) is 0 Å². The Kier molecular flexibility index (Phi) is 8.47. The molecule has 3 unspecified atom stereocenters. The van der Waals surface area contributed by atoms with Crippen LogP contribution in [0.3, 0.4) is 0 Å². The number of fused-ring (bicyclic) bond motifs is 2. The number of anilines is 4. The molecule has 0 spiro atoms. The minimum Gasteiger partial charge on any atom is -0.366 e. The third-order valence-corrected chi connectivity index (χ3v) is 10.4. The highest BCUT2D eigenvalue weighted by Gasteiger charge is 2.43. The highest BCUT2D eigenvalue weighted by molar-refractivity contribution is 7.17. The van der Waals surface area contributed by atoms with Crippen molar-refractivity contribution in [2.24, 2.45) is 0 Å². The molecule has 1 aromatic carbocycles. The van der Waals surface area contributed by atoms with Crippen molar-refractivity contribution in [2.75, 3.05) is 67.5 Å². The lowest BCUT2D eigenvalue weighted by Crippen LogP contribution is -2.49. The predicted octanol–water partition coefficient (Wildman–Crippen LogP) is 2.79. The number of imide groups is 1. The number of benzene rings is 1. The maximum atomic E-state index is 12.3. The zero-order valence-electron chi connectivity index (χ0n) is 25.5. The van der Waals surface area contributed by atoms with E-state index in [1.807, 2.05) is 13.0 Å². The fraction of sp³-hybridized carbons (Fsp3) is 0.500. The number of hydrogen-bond donors (Lipinski definition) is 2. The minimum atomic E-state index is -0.231. The maximum absolute atomic E-state index is 12.3. The molecule has 6 heterocycles. The van der Waals surface area contributed by atoms with Crippen molar-refractivity contribution in [1.29, 1.82) is 0 Å². The zero-order chi connectivity index (χ0) is 30.9. The van der Waals surface area contributed by atoms with E-state index in [2.05, 4.69) is 69.5 Å². The molecule has 2 bridgehead atoms. The molecule has 4 aliphatic heterocycles. The third kappa shape index (κ3) is 6.56. The Morgan fingerprint density at radius 1 is 1.04 bits per heavy atom. The number of nitrogens with one attached hydrogen (secondary N) is 2. The number of amides is 2. The van der Waals surface area contributed by atoms with Crippen LogP contribution in [0.1, 0.15) is 52.7 Å². The van der Waals surface area contributed by atoms with Crippen LogP contribution in [0.15, 0.2) is 36.5 Å². The van der Waals surface area contributed by atoms with Crippen molar-refractivity contribution in [2.45, 2.75) is 50.6 Å². The second kappa shape index (κ2) is 12.8. The van der Waals surface area contributed by atoms with E-state index in [4.69, 9.17) is 0 Å². The Hall–Kier alpha value is -3.94. The Morgan fingerprint density at radius 2 is 1.87 bits per heavy atom. The van der Waals surface area contributed by atoms with Gasteiger partial charge in [0.1, 0.15) is 17.5 Å². The van der Waals surface area contributed by atoms with Gasteiger partial charge in [0, 0.05) is 69.5 Å². The molecular formula is C32H39N9O3S. The van der Waals surface area contributed by atoms with Crippen LogP contribution in [0, 0.1) is 6.92 Å². The molecule has 45 heavy (non-hydrogen) atoms. The van der Waals surface area contributed by atoms with Gasteiger partial charge < -0.3 is 15.1 Å². The highest BCUT2D eigenvalue weighted by atomic mass is 32.1. The van der Waals surface area contributed by atoms with Gasteiger partial charge >= 0.3 is 0 Å². The molecule has 7 rings (SSSR count). The van der Waals surface area contributed by atoms with Gasteiger partial charge in [0.25, 0.3) is 0 Å². The first kappa shape index (κ1) is 29.8. The van der Waals surface area contributed by atoms with Crippen molar-refractivity contribution >= 4 is 51.9 Å². The normalized spacial score (nSPS) is 23.9. The second-order valence-corrected chi connectivity index (χ2v) is 13.5. The number of carbonyl (C=O) groups is 3. The van der Waals surface area contributed by atoms with E-state index in [0.29, 0.717) is 46.6 Å². The number of piperazine rings is 2. The largest absolute Gasteiger partial charge is 0.366 e. The van der Waals surface area contributed by atoms with Crippen LogP contribution in [0.5, 0.6) is 0 Å². The number of piperidine rings is 1. The summed E-state index contributed by atoms with van der Waals surface area (Å²) in [7, 11) is 0. The van der Waals surface area contributed by atoms with Crippen LogP contribution in [0.4, 0.5) is 22.5 Å². The molecule has 13 heteroatoms. The molecule has 2 amide bonds. The van der Waals surface area contributed by atoms with Gasteiger partial charge in [-0.25, -0.2) is 15.0 Å². The summed E-state index contributed by atoms with van der Waals surface area (Å²) in [5.74, 6) is 1.73. The van der Waals surface area contributed by atoms with Crippen LogP contribution in [0.25, 0.3) is 0 Å². The van der Waals surface area contributed by atoms with Gasteiger partial charge in [-0.15, -0.1) is 0 Å². The number of nitrogens with zero attached hydrogens (tertiary/aromatic N) is 7. The van der Waals surface area contributed by atoms with E-state index in [0.717, 1.165) is 70.0 Å². The summed E-state index contributed by atoms with van der Waals surface area (Å²) >= 11 is 1.30. The molecule has 0 saturated carbocycles. The molecule has 2 aromatic heterocycles. The standard InChI is InChI=1S/C32H39N9O3S/c1-21-34-28(36-32-33-17-26(20-42)45-32)16-29(35-21)39-13-11-38(12-14-39)9-2-10-40-18-25-15-24(40)19-41(25)23-5-3-22(4-6-23)27-7-8-30(43)37-31(27)44/h3-6,16-17,20,24-25,27H,2,7-15,18-19H2,1H3,(H,37,43,44)(H,33,34,35,36). The fourth-order valence-electron chi connectivity index (χ4n) is 7.23. The maximum Gasteiger partial charge on any atom is 0.234 e. The van der Waals surface area contributed by atoms with Crippen LogP contribution >= 0.6 is 11.3 Å². The summed E-state index contributed by atoms with van der Waals surface area (Å²) in [5, 5.41) is 6.33. The van der Waals surface area contributed by atoms with E-state index < -0.39 is 0 Å². The number of rotatable bonds is 10. The Morgan fingerprint density at radius 3 is 2.58 bits per heavy atom. The van der Waals surface area contributed by atoms with E-state index >= 15 is 0 Å². The predicted molar refractivity (Wildman–Crippen MR) is 174 cm³/mol. The summed E-state index contributed by atoms with van der Waals surface area (Å²) in [6.45, 7) is 10.2. The van der Waals surface area contributed by atoms with Gasteiger partial charge in [-0.2, -0.15) is 0 Å². The minimum absolute atomic E-state index is 0.171. The van der Waals surface area contributed by atoms with Gasteiger partial charge in [0.05, 0.1) is 17.0 Å². The fourth-order valence-corrected chi connectivity index (χ4v) is 7.87. The lowest BCUT2D eigenvalue weighted by molar-refractivity contribution is -0.134. The number of aromatic nitrogens is 3. The summed E-state index contributed by atoms with van der Waals surface area (Å²) in [6, 6.07) is 11.5. The molecule has 2 N–H and O–H groups in total. The van der Waals surface area contributed by atoms with E-state index in [9.17, 15) is 14.4 Å². The first-order chi connectivity index (χ1) is 21.9. The first-order valence-electron chi connectivity index (χ1n) is 15.9. The van der Waals surface area contributed by atoms with Crippen LogP contribution in [-0.2, 0) is 9.59 Å². The summed E-state index contributed by atoms with van der Waals surface area (Å²) in [6.07, 6.45) is 5.73. The van der Waals surface area contributed by atoms with Crippen LogP contribution in [-0.4, -0.2) is 107 Å². The smallest absolute Gasteiger partial charge is 0.234 e. The molecule has 3 atom stereocenters. The van der Waals surface area contributed by atoms with Gasteiger partial charge in [0.2, 0.25) is 11.8 Å². The average Bonchev–Trinajstić information content (AvgIpc) is 3.78. The Labute approximate surface area is 266 Å². The Bertz CT molecular complexity index is 1560. The van der Waals surface area contributed by atoms with Gasteiger partial charge in [-0.05, 0) is 57.0 Å². The number of aryl methyl sites for hydroxylation is 1. The number of carbonyl (C=O) groups excluding carboxylic acids is 3. The van der Waals surface area contributed by atoms with Gasteiger partial charge in [0.15, 0.2) is 11.4 Å². The topological polar surface area (TPSA) is 127 Å². The quantitative estimate of drug-likeness (QED) is 0.254. The Balaban J connectivity index is 0.847. The third-order valence-electron chi connectivity index (χ3n) is 9.54. The van der Waals surface area contributed by atoms with E-state index in [-0.39, 0.29) is 17.7 Å². The van der Waals surface area contributed by atoms with Crippen LogP contribution in [0.2, 0.25) is 0 Å². The number of likely N-dealkylation sites (tertiary alicyclic amines) is 1. The van der Waals surface area contributed by atoms with Crippen molar-refractivity contribution < 1.29 is 14.4 Å². The molecule has 3 aromatic rings. The van der Waals surface area contributed by atoms with E-state index in [1.54, 1.807) is 6.20 Å². The molecule has 4 fully saturated rings. The first-order valence-corrected chi connectivity index (χ1v) is 16.7. The highest BCUT2D eigenvalue weighted by Crippen LogP contribution is 2.36. The zero-order valence-corrected chi connectivity index (χ0v) is 26.3. The summed E-state index contributed by atoms with van der Waals surface area (Å²) in [5.41, 5.74) is 2.22. The lowest BCUT2D eigenvalue weighted by atomic mass is 9.90. The molecule has 0 radical (unpaired) electrons. The summed E-state index contributed by atoms with van der Waals surface area (Å²) in [4.78, 5) is 58.8. The van der Waals surface area contributed by atoms with Crippen molar-refractivity contribution in [3.05, 3.63) is 52.8 Å². The molecule has 12 nitrogen and oxygen atoms in total. The molecule has 4 aliphatic rings. The number of aldehydes is 1. The average molecular weight is 630 g/mol. The van der Waals surface area contributed by atoms with Crippen molar-refractivity contribution in [3.8, 4) is 0 Å². The summed E-state index contributed by atoms with van der Waals surface area (Å²) < 4.78 is 0. The number of thiazole rings is 1. The SMILES string of the molecule is Cc1nc(Nc2ncc(C=O)s2)cc(N2CCN(CCCN3CC4CC3CN4c3ccc(C4CCC(=O)NC4=O)cc3)CC2)n1. The molecule has 0 aliphatic carbocycles. The van der Waals surface area contributed by atoms with Crippen LogP contribution < -0.4 is 20.4 Å². The van der Waals surface area contributed by atoms with Gasteiger partial charge in [-0.1, -0.05) is 23.5 Å². The monoisotopic (exact) mass is 629 g/mol. The molecule has 4 saturated heterocycles. The molecular weight excluding hydrogens is 590 g/mol. The second-order valence-electron chi connectivity index (χ2n) is 12.4. The molecule has 236 valence electrons.